The van der Waals surface area contributed by atoms with Crippen molar-refractivity contribution in [3.05, 3.63) is 34.4 Å². The van der Waals surface area contributed by atoms with Crippen LogP contribution in [0.2, 0.25) is 0 Å². The summed E-state index contributed by atoms with van der Waals surface area (Å²) in [6.45, 7) is 2.47. The zero-order valence-electron chi connectivity index (χ0n) is 15.0. The molecule has 0 atom stereocenters. The molecular weight excluding hydrogens is 396 g/mol. The first kappa shape index (κ1) is 18.6. The largest absolute Gasteiger partial charge is 0.356 e. The van der Waals surface area contributed by atoms with Gasteiger partial charge in [-0.2, -0.15) is 5.10 Å². The Bertz CT molecular complexity index is 810. The van der Waals surface area contributed by atoms with Gasteiger partial charge in [0, 0.05) is 36.0 Å². The number of hydrogen-bond acceptors (Lipinski definition) is 3. The first-order chi connectivity index (χ1) is 12.5. The van der Waals surface area contributed by atoms with E-state index in [1.165, 1.54) is 0 Å². The van der Waals surface area contributed by atoms with Crippen molar-refractivity contribution in [3.63, 3.8) is 0 Å². The Labute approximate surface area is 161 Å². The summed E-state index contributed by atoms with van der Waals surface area (Å²) in [5, 5.41) is 10.3. The monoisotopic (exact) mass is 418 g/mol. The molecule has 1 saturated carbocycles. The fourth-order valence-corrected chi connectivity index (χ4v) is 3.17. The third-order valence-corrected chi connectivity index (χ3v) is 4.97. The smallest absolute Gasteiger partial charge is 0.225 e. The van der Waals surface area contributed by atoms with E-state index in [1.54, 1.807) is 4.68 Å². The molecule has 2 N–H and O–H groups in total. The van der Waals surface area contributed by atoms with Gasteiger partial charge in [-0.15, -0.1) is 0 Å². The molecule has 0 spiro atoms. The Morgan fingerprint density at radius 3 is 2.62 bits per heavy atom. The van der Waals surface area contributed by atoms with Crippen LogP contribution in [-0.2, 0) is 16.6 Å². The van der Waals surface area contributed by atoms with Gasteiger partial charge in [0.05, 0.1) is 5.69 Å². The number of carbonyl (C=O) groups excluding carboxylic acids is 2. The first-order valence-electron chi connectivity index (χ1n) is 8.83. The van der Waals surface area contributed by atoms with E-state index in [-0.39, 0.29) is 17.7 Å². The van der Waals surface area contributed by atoms with Gasteiger partial charge in [0.2, 0.25) is 11.8 Å². The number of carbonyl (C=O) groups is 2. The van der Waals surface area contributed by atoms with Gasteiger partial charge in [0.15, 0.2) is 0 Å². The second-order valence-electron chi connectivity index (χ2n) is 6.66. The summed E-state index contributed by atoms with van der Waals surface area (Å²) >= 11 is 3.44. The predicted molar refractivity (Wildman–Crippen MR) is 105 cm³/mol. The van der Waals surface area contributed by atoms with E-state index >= 15 is 0 Å². The van der Waals surface area contributed by atoms with Crippen LogP contribution in [0.25, 0.3) is 11.1 Å². The van der Waals surface area contributed by atoms with Crippen LogP contribution in [0, 0.1) is 12.8 Å². The Kier molecular flexibility index (Phi) is 5.76. The zero-order chi connectivity index (χ0) is 18.7. The lowest BCUT2D eigenvalue weighted by molar-refractivity contribution is -0.122. The van der Waals surface area contributed by atoms with E-state index in [4.69, 9.17) is 0 Å². The molecule has 6 nitrogen and oxygen atoms in total. The topological polar surface area (TPSA) is 76.0 Å². The molecule has 2 amide bonds. The summed E-state index contributed by atoms with van der Waals surface area (Å²) in [5.74, 6) is 0.934. The number of rotatable bonds is 7. The third kappa shape index (κ3) is 4.52. The highest BCUT2D eigenvalue weighted by molar-refractivity contribution is 9.10. The molecule has 2 aromatic rings. The number of nitrogens with one attached hydrogen (secondary N) is 2. The summed E-state index contributed by atoms with van der Waals surface area (Å²) in [7, 11) is 1.82. The second-order valence-corrected chi connectivity index (χ2v) is 7.57. The highest BCUT2D eigenvalue weighted by Crippen LogP contribution is 2.32. The van der Waals surface area contributed by atoms with E-state index < -0.39 is 0 Å². The molecule has 0 bridgehead atoms. The highest BCUT2D eigenvalue weighted by atomic mass is 79.9. The average Bonchev–Trinajstić information content (AvgIpc) is 3.40. The van der Waals surface area contributed by atoms with Crippen molar-refractivity contribution in [2.24, 2.45) is 13.0 Å². The quantitative estimate of drug-likeness (QED) is 0.676. The minimum Gasteiger partial charge on any atom is -0.356 e. The molecule has 3 rings (SSSR count). The van der Waals surface area contributed by atoms with Crippen LogP contribution >= 0.6 is 15.9 Å². The van der Waals surface area contributed by atoms with Gasteiger partial charge in [0.25, 0.3) is 0 Å². The SMILES string of the molecule is Cc1nn(C)c(NC(=O)CCCNC(=O)C2CC2)c1-c1ccc(Br)cc1. The van der Waals surface area contributed by atoms with Gasteiger partial charge in [-0.25, -0.2) is 0 Å². The Hall–Kier alpha value is -2.15. The van der Waals surface area contributed by atoms with E-state index in [9.17, 15) is 9.59 Å². The Morgan fingerprint density at radius 1 is 1.27 bits per heavy atom. The fourth-order valence-electron chi connectivity index (χ4n) is 2.91. The number of anilines is 1. The minimum absolute atomic E-state index is 0.0768. The van der Waals surface area contributed by atoms with Crippen molar-refractivity contribution in [2.45, 2.75) is 32.6 Å². The van der Waals surface area contributed by atoms with Crippen molar-refractivity contribution in [1.82, 2.24) is 15.1 Å². The number of nitrogens with zero attached hydrogens (tertiary/aromatic N) is 2. The lowest BCUT2D eigenvalue weighted by Crippen LogP contribution is -2.26. The normalized spacial score (nSPS) is 13.5. The molecule has 0 aliphatic heterocycles. The molecular formula is C19H23BrN4O2. The van der Waals surface area contributed by atoms with Crippen LogP contribution in [-0.4, -0.2) is 28.1 Å². The molecule has 1 aromatic carbocycles. The maximum absolute atomic E-state index is 12.3. The second kappa shape index (κ2) is 8.03. The van der Waals surface area contributed by atoms with E-state index in [0.29, 0.717) is 25.2 Å². The van der Waals surface area contributed by atoms with E-state index in [2.05, 4.69) is 31.7 Å². The van der Waals surface area contributed by atoms with Crippen LogP contribution in [0.1, 0.15) is 31.4 Å². The maximum atomic E-state index is 12.3. The summed E-state index contributed by atoms with van der Waals surface area (Å²) in [6, 6.07) is 7.93. The number of halogens is 1. The lowest BCUT2D eigenvalue weighted by atomic mass is 10.1. The molecule has 26 heavy (non-hydrogen) atoms. The molecule has 1 aliphatic rings. The van der Waals surface area contributed by atoms with Crippen molar-refractivity contribution in [3.8, 4) is 11.1 Å². The van der Waals surface area contributed by atoms with Crippen molar-refractivity contribution in [2.75, 3.05) is 11.9 Å². The molecule has 0 radical (unpaired) electrons. The summed E-state index contributed by atoms with van der Waals surface area (Å²) < 4.78 is 2.70. The predicted octanol–water partition coefficient (Wildman–Crippen LogP) is 3.40. The molecule has 1 fully saturated rings. The number of hydrogen-bond donors (Lipinski definition) is 2. The molecule has 1 heterocycles. The summed E-state index contributed by atoms with van der Waals surface area (Å²) in [4.78, 5) is 23.9. The lowest BCUT2D eigenvalue weighted by Gasteiger charge is -2.10. The first-order valence-corrected chi connectivity index (χ1v) is 9.62. The Balaban J connectivity index is 1.60. The molecule has 7 heteroatoms. The van der Waals surface area contributed by atoms with Crippen LogP contribution in [0.5, 0.6) is 0 Å². The Morgan fingerprint density at radius 2 is 1.96 bits per heavy atom. The van der Waals surface area contributed by atoms with Crippen molar-refractivity contribution in [1.29, 1.82) is 0 Å². The van der Waals surface area contributed by atoms with Gasteiger partial charge >= 0.3 is 0 Å². The number of aryl methyl sites for hydroxylation is 2. The zero-order valence-corrected chi connectivity index (χ0v) is 16.6. The van der Waals surface area contributed by atoms with Crippen LogP contribution < -0.4 is 10.6 Å². The number of benzene rings is 1. The van der Waals surface area contributed by atoms with E-state index in [1.807, 2.05) is 38.2 Å². The molecule has 138 valence electrons. The minimum atomic E-state index is -0.0768. The number of amides is 2. The van der Waals surface area contributed by atoms with E-state index in [0.717, 1.165) is 34.1 Å². The molecule has 1 aromatic heterocycles. The third-order valence-electron chi connectivity index (χ3n) is 4.44. The average molecular weight is 419 g/mol. The highest BCUT2D eigenvalue weighted by Gasteiger charge is 2.29. The molecule has 0 saturated heterocycles. The standard InChI is InChI=1S/C19H23BrN4O2/c1-12-17(13-7-9-15(20)10-8-13)18(24(2)23-12)22-16(25)4-3-11-21-19(26)14-5-6-14/h7-10,14H,3-6,11H2,1-2H3,(H,21,26)(H,22,25). The van der Waals surface area contributed by atoms with Crippen LogP contribution in [0.3, 0.4) is 0 Å². The van der Waals surface area contributed by atoms with Gasteiger partial charge in [-0.05, 0) is 43.9 Å². The van der Waals surface area contributed by atoms with Gasteiger partial charge in [0.1, 0.15) is 5.82 Å². The van der Waals surface area contributed by atoms with Crippen molar-refractivity contribution < 1.29 is 9.59 Å². The van der Waals surface area contributed by atoms with Crippen LogP contribution in [0.15, 0.2) is 28.7 Å². The summed E-state index contributed by atoms with van der Waals surface area (Å²) in [6.07, 6.45) is 2.96. The maximum Gasteiger partial charge on any atom is 0.225 e. The molecule has 1 aliphatic carbocycles. The van der Waals surface area contributed by atoms with Gasteiger partial charge in [-0.1, -0.05) is 28.1 Å². The van der Waals surface area contributed by atoms with Gasteiger partial charge in [-0.3, -0.25) is 14.3 Å². The van der Waals surface area contributed by atoms with Crippen LogP contribution in [0.4, 0.5) is 5.82 Å². The molecule has 0 unspecified atom stereocenters. The van der Waals surface area contributed by atoms with Crippen molar-refractivity contribution >= 4 is 33.6 Å². The fraction of sp³-hybridized carbons (Fsp3) is 0.421. The summed E-state index contributed by atoms with van der Waals surface area (Å²) in [5.41, 5.74) is 2.79. The number of aromatic nitrogens is 2. The van der Waals surface area contributed by atoms with Gasteiger partial charge < -0.3 is 10.6 Å².